The number of carbonyl (C=O) groups excluding carboxylic acids is 1. The largest absolute Gasteiger partial charge is 0.462 e. The Bertz CT molecular complexity index is 164. The lowest BCUT2D eigenvalue weighted by molar-refractivity contribution is -0.146. The van der Waals surface area contributed by atoms with Gasteiger partial charge in [-0.1, -0.05) is 12.2 Å². The Hall–Kier alpha value is -0.830. The summed E-state index contributed by atoms with van der Waals surface area (Å²) in [5.74, 6) is -0.185. The molecule has 0 bridgehead atoms. The van der Waals surface area contributed by atoms with Gasteiger partial charge in [-0.2, -0.15) is 0 Å². The zero-order chi connectivity index (χ0) is 10.1. The van der Waals surface area contributed by atoms with Crippen LogP contribution in [0.5, 0.6) is 0 Å². The number of hydrogen-bond acceptors (Lipinski definition) is 3. The second-order valence-electron chi connectivity index (χ2n) is 3.07. The maximum absolute atomic E-state index is 11.0. The molecule has 0 atom stereocenters. The second-order valence-corrected chi connectivity index (χ2v) is 3.07. The molecule has 3 nitrogen and oxygen atoms in total. The van der Waals surface area contributed by atoms with Crippen LogP contribution in [0.2, 0.25) is 0 Å². The van der Waals surface area contributed by atoms with Gasteiger partial charge >= 0.3 is 5.97 Å². The van der Waals surface area contributed by atoms with Crippen molar-refractivity contribution in [1.82, 2.24) is 5.32 Å². The van der Waals surface area contributed by atoms with Crippen LogP contribution in [0, 0.1) is 0 Å². The van der Waals surface area contributed by atoms with Crippen LogP contribution >= 0.6 is 0 Å². The van der Waals surface area contributed by atoms with Crippen molar-refractivity contribution in [2.45, 2.75) is 33.3 Å². The molecular formula is C10H19NO2. The van der Waals surface area contributed by atoms with E-state index in [9.17, 15) is 4.79 Å². The normalized spacial score (nSPS) is 11.1. The van der Waals surface area contributed by atoms with Crippen LogP contribution < -0.4 is 5.32 Å². The fourth-order valence-corrected chi connectivity index (χ4v) is 0.847. The standard InChI is InChI=1S/C10H19NO2/c1-4-5-6-7-11-8-10(12)13-9(2)3/h4-5,9,11H,6-8H2,1-3H3/b5-4+. The fraction of sp³-hybridized carbons (Fsp3) is 0.700. The molecular weight excluding hydrogens is 166 g/mol. The van der Waals surface area contributed by atoms with Gasteiger partial charge in [-0.3, -0.25) is 4.79 Å². The SMILES string of the molecule is C/C=C/CCNCC(=O)OC(C)C. The third-order valence-electron chi connectivity index (χ3n) is 1.36. The van der Waals surface area contributed by atoms with Crippen LogP contribution in [-0.2, 0) is 9.53 Å². The van der Waals surface area contributed by atoms with Gasteiger partial charge in [-0.05, 0) is 33.7 Å². The lowest BCUT2D eigenvalue weighted by Crippen LogP contribution is -2.27. The minimum atomic E-state index is -0.185. The van der Waals surface area contributed by atoms with E-state index in [0.29, 0.717) is 6.54 Å². The van der Waals surface area contributed by atoms with E-state index in [1.807, 2.05) is 26.8 Å². The first-order valence-electron chi connectivity index (χ1n) is 4.68. The van der Waals surface area contributed by atoms with Gasteiger partial charge in [-0.15, -0.1) is 0 Å². The molecule has 0 saturated heterocycles. The molecule has 76 valence electrons. The average Bonchev–Trinajstić information content (AvgIpc) is 2.02. The van der Waals surface area contributed by atoms with Crippen LogP contribution in [-0.4, -0.2) is 25.2 Å². The molecule has 0 aromatic heterocycles. The molecule has 0 amide bonds. The van der Waals surface area contributed by atoms with Crippen molar-refractivity contribution in [2.75, 3.05) is 13.1 Å². The van der Waals surface area contributed by atoms with Crippen molar-refractivity contribution < 1.29 is 9.53 Å². The monoisotopic (exact) mass is 185 g/mol. The topological polar surface area (TPSA) is 38.3 Å². The number of nitrogens with one attached hydrogen (secondary N) is 1. The molecule has 13 heavy (non-hydrogen) atoms. The number of hydrogen-bond donors (Lipinski definition) is 1. The molecule has 0 saturated carbocycles. The maximum atomic E-state index is 11.0. The van der Waals surface area contributed by atoms with Gasteiger partial charge in [0.05, 0.1) is 12.6 Å². The van der Waals surface area contributed by atoms with E-state index in [2.05, 4.69) is 11.4 Å². The Balaban J connectivity index is 3.27. The predicted octanol–water partition coefficient (Wildman–Crippen LogP) is 1.49. The van der Waals surface area contributed by atoms with Crippen LogP contribution in [0.1, 0.15) is 27.2 Å². The summed E-state index contributed by atoms with van der Waals surface area (Å²) in [6.07, 6.45) is 4.98. The Kier molecular flexibility index (Phi) is 7.30. The number of allylic oxidation sites excluding steroid dienone is 1. The van der Waals surface area contributed by atoms with Gasteiger partial charge in [0.1, 0.15) is 0 Å². The third kappa shape index (κ3) is 9.08. The molecule has 0 aromatic rings. The highest BCUT2D eigenvalue weighted by molar-refractivity contribution is 5.71. The summed E-state index contributed by atoms with van der Waals surface area (Å²) >= 11 is 0. The molecule has 0 heterocycles. The highest BCUT2D eigenvalue weighted by Gasteiger charge is 2.02. The summed E-state index contributed by atoms with van der Waals surface area (Å²) in [6, 6.07) is 0. The molecule has 0 rings (SSSR count). The van der Waals surface area contributed by atoms with Crippen molar-refractivity contribution in [3.63, 3.8) is 0 Å². The molecule has 0 aliphatic rings. The van der Waals surface area contributed by atoms with Crippen LogP contribution in [0.4, 0.5) is 0 Å². The Morgan fingerprint density at radius 3 is 2.77 bits per heavy atom. The molecule has 0 spiro atoms. The quantitative estimate of drug-likeness (QED) is 0.387. The van der Waals surface area contributed by atoms with Gasteiger partial charge in [-0.25, -0.2) is 0 Å². The van der Waals surface area contributed by atoms with E-state index in [4.69, 9.17) is 4.74 Å². The first kappa shape index (κ1) is 12.2. The van der Waals surface area contributed by atoms with E-state index >= 15 is 0 Å². The molecule has 0 aromatic carbocycles. The number of ether oxygens (including phenoxy) is 1. The lowest BCUT2D eigenvalue weighted by Gasteiger charge is -2.07. The Labute approximate surface area is 80.2 Å². The second kappa shape index (κ2) is 7.80. The lowest BCUT2D eigenvalue weighted by atomic mass is 10.4. The highest BCUT2D eigenvalue weighted by Crippen LogP contribution is 1.87. The molecule has 1 N–H and O–H groups in total. The van der Waals surface area contributed by atoms with Gasteiger partial charge in [0.25, 0.3) is 0 Å². The molecule has 0 radical (unpaired) electrons. The zero-order valence-corrected chi connectivity index (χ0v) is 8.67. The Morgan fingerprint density at radius 2 is 2.23 bits per heavy atom. The third-order valence-corrected chi connectivity index (χ3v) is 1.36. The summed E-state index contributed by atoms with van der Waals surface area (Å²) in [5, 5.41) is 3.00. The van der Waals surface area contributed by atoms with Gasteiger partial charge in [0, 0.05) is 0 Å². The van der Waals surface area contributed by atoms with E-state index in [1.165, 1.54) is 0 Å². The molecule has 0 unspecified atom stereocenters. The number of rotatable bonds is 6. The van der Waals surface area contributed by atoms with E-state index in [1.54, 1.807) is 0 Å². The minimum Gasteiger partial charge on any atom is -0.462 e. The smallest absolute Gasteiger partial charge is 0.320 e. The first-order valence-corrected chi connectivity index (χ1v) is 4.68. The first-order chi connectivity index (χ1) is 6.16. The van der Waals surface area contributed by atoms with Crippen molar-refractivity contribution >= 4 is 5.97 Å². The van der Waals surface area contributed by atoms with Gasteiger partial charge < -0.3 is 10.1 Å². The number of esters is 1. The molecule has 3 heteroatoms. The van der Waals surface area contributed by atoms with Crippen LogP contribution in [0.25, 0.3) is 0 Å². The highest BCUT2D eigenvalue weighted by atomic mass is 16.5. The summed E-state index contributed by atoms with van der Waals surface area (Å²) in [6.45, 7) is 6.79. The average molecular weight is 185 g/mol. The summed E-state index contributed by atoms with van der Waals surface area (Å²) in [5.41, 5.74) is 0. The van der Waals surface area contributed by atoms with Crippen molar-refractivity contribution in [1.29, 1.82) is 0 Å². The Morgan fingerprint density at radius 1 is 1.54 bits per heavy atom. The molecule has 0 aliphatic heterocycles. The van der Waals surface area contributed by atoms with Crippen molar-refractivity contribution in [2.24, 2.45) is 0 Å². The summed E-state index contributed by atoms with van der Waals surface area (Å²) in [4.78, 5) is 11.0. The summed E-state index contributed by atoms with van der Waals surface area (Å²) < 4.78 is 4.94. The fourth-order valence-electron chi connectivity index (χ4n) is 0.847. The zero-order valence-electron chi connectivity index (χ0n) is 8.67. The van der Waals surface area contributed by atoms with Gasteiger partial charge in [0.2, 0.25) is 0 Å². The maximum Gasteiger partial charge on any atom is 0.320 e. The number of carbonyl (C=O) groups is 1. The van der Waals surface area contributed by atoms with Crippen LogP contribution in [0.15, 0.2) is 12.2 Å². The van der Waals surface area contributed by atoms with E-state index in [0.717, 1.165) is 13.0 Å². The summed E-state index contributed by atoms with van der Waals surface area (Å²) in [7, 11) is 0. The van der Waals surface area contributed by atoms with Crippen molar-refractivity contribution in [3.8, 4) is 0 Å². The van der Waals surface area contributed by atoms with E-state index < -0.39 is 0 Å². The molecule has 0 fully saturated rings. The predicted molar refractivity (Wildman–Crippen MR) is 53.5 cm³/mol. The minimum absolute atomic E-state index is 0.0233. The molecule has 0 aliphatic carbocycles. The van der Waals surface area contributed by atoms with Crippen LogP contribution in [0.3, 0.4) is 0 Å². The van der Waals surface area contributed by atoms with E-state index in [-0.39, 0.29) is 12.1 Å². The van der Waals surface area contributed by atoms with Gasteiger partial charge in [0.15, 0.2) is 0 Å². The van der Waals surface area contributed by atoms with Crippen molar-refractivity contribution in [3.05, 3.63) is 12.2 Å².